The summed E-state index contributed by atoms with van der Waals surface area (Å²) in [7, 11) is 0. The zero-order chi connectivity index (χ0) is 13.8. The summed E-state index contributed by atoms with van der Waals surface area (Å²) in [6.07, 6.45) is 5.01. The monoisotopic (exact) mass is 264 g/mol. The molecule has 0 radical (unpaired) electrons. The molecule has 0 bridgehead atoms. The first-order valence-corrected chi connectivity index (χ1v) is 7.03. The third-order valence-electron chi connectivity index (χ3n) is 4.16. The summed E-state index contributed by atoms with van der Waals surface area (Å²) in [6.45, 7) is 0.527. The number of carboxylic acid groups (broad SMARTS) is 1. The van der Waals surface area contributed by atoms with Crippen molar-refractivity contribution < 1.29 is 14.7 Å². The zero-order valence-corrected chi connectivity index (χ0v) is 11.0. The van der Waals surface area contributed by atoms with E-state index in [-0.39, 0.29) is 17.7 Å². The summed E-state index contributed by atoms with van der Waals surface area (Å²) in [4.78, 5) is 25.2. The van der Waals surface area contributed by atoms with Crippen molar-refractivity contribution in [2.75, 3.05) is 6.54 Å². The highest BCUT2D eigenvalue weighted by atomic mass is 16.4. The minimum absolute atomic E-state index is 0.0325. The molecule has 0 aromatic heterocycles. The molecule has 19 heavy (non-hydrogen) atoms. The number of nitriles is 1. The largest absolute Gasteiger partial charge is 0.481 e. The Labute approximate surface area is 113 Å². The lowest BCUT2D eigenvalue weighted by molar-refractivity contribution is -0.145. The van der Waals surface area contributed by atoms with Gasteiger partial charge in [0.1, 0.15) is 0 Å². The molecule has 0 saturated heterocycles. The first kappa shape index (κ1) is 13.9. The second-order valence-corrected chi connectivity index (χ2v) is 5.56. The molecule has 104 valence electrons. The summed E-state index contributed by atoms with van der Waals surface area (Å²) in [5, 5.41) is 17.6. The third kappa shape index (κ3) is 3.46. The van der Waals surface area contributed by atoms with E-state index in [1.807, 2.05) is 4.90 Å². The number of hydrogen-bond donors (Lipinski definition) is 1. The molecule has 0 atom stereocenters. The maximum absolute atomic E-state index is 12.4. The standard InChI is InChI=1S/C14H20N2O3/c15-8-1-9-16(12-6-7-12)13(17)10-2-4-11(5-3-10)14(18)19/h10-12H,1-7,9H2,(H,18,19). The van der Waals surface area contributed by atoms with Crippen molar-refractivity contribution in [1.82, 2.24) is 4.90 Å². The maximum atomic E-state index is 12.4. The van der Waals surface area contributed by atoms with Crippen LogP contribution in [0.4, 0.5) is 0 Å². The fourth-order valence-corrected chi connectivity index (χ4v) is 2.85. The first-order chi connectivity index (χ1) is 9.13. The molecule has 1 amide bonds. The molecule has 2 aliphatic carbocycles. The lowest BCUT2D eigenvalue weighted by Gasteiger charge is -2.30. The van der Waals surface area contributed by atoms with Crippen molar-refractivity contribution in [2.45, 2.75) is 51.0 Å². The van der Waals surface area contributed by atoms with Crippen molar-refractivity contribution in [3.63, 3.8) is 0 Å². The van der Waals surface area contributed by atoms with Gasteiger partial charge in [-0.1, -0.05) is 0 Å². The Morgan fingerprint density at radius 1 is 1.11 bits per heavy atom. The van der Waals surface area contributed by atoms with Gasteiger partial charge >= 0.3 is 5.97 Å². The van der Waals surface area contributed by atoms with Crippen LogP contribution in [0.25, 0.3) is 0 Å². The number of aliphatic carboxylic acids is 1. The average molecular weight is 264 g/mol. The van der Waals surface area contributed by atoms with Crippen LogP contribution in [0, 0.1) is 23.2 Å². The number of rotatable bonds is 5. The van der Waals surface area contributed by atoms with Crippen LogP contribution in [-0.2, 0) is 9.59 Å². The highest BCUT2D eigenvalue weighted by Gasteiger charge is 2.37. The van der Waals surface area contributed by atoms with Gasteiger partial charge < -0.3 is 10.0 Å². The lowest BCUT2D eigenvalue weighted by atomic mass is 9.81. The number of carboxylic acids is 1. The smallest absolute Gasteiger partial charge is 0.306 e. The Hall–Kier alpha value is -1.57. The molecule has 1 N–H and O–H groups in total. The molecule has 5 nitrogen and oxygen atoms in total. The topological polar surface area (TPSA) is 81.4 Å². The number of hydrogen-bond acceptors (Lipinski definition) is 3. The number of nitrogens with zero attached hydrogens (tertiary/aromatic N) is 2. The number of carbonyl (C=O) groups is 2. The predicted octanol–water partition coefficient (Wildman–Crippen LogP) is 1.78. The minimum atomic E-state index is -0.741. The Kier molecular flexibility index (Phi) is 4.41. The van der Waals surface area contributed by atoms with Gasteiger partial charge in [0.05, 0.1) is 18.4 Å². The van der Waals surface area contributed by atoms with E-state index >= 15 is 0 Å². The molecule has 2 saturated carbocycles. The number of amides is 1. The van der Waals surface area contributed by atoms with E-state index in [9.17, 15) is 9.59 Å². The molecule has 0 heterocycles. The van der Waals surface area contributed by atoms with Crippen LogP contribution in [0.3, 0.4) is 0 Å². The summed E-state index contributed by atoms with van der Waals surface area (Å²) in [5.41, 5.74) is 0. The van der Waals surface area contributed by atoms with E-state index in [2.05, 4.69) is 6.07 Å². The molecule has 0 spiro atoms. The van der Waals surface area contributed by atoms with Gasteiger partial charge in [-0.2, -0.15) is 5.26 Å². The average Bonchev–Trinajstić information content (AvgIpc) is 3.23. The Bertz CT molecular complexity index is 390. The summed E-state index contributed by atoms with van der Waals surface area (Å²) < 4.78 is 0. The summed E-state index contributed by atoms with van der Waals surface area (Å²) in [6, 6.07) is 2.42. The van der Waals surface area contributed by atoms with Crippen molar-refractivity contribution in [1.29, 1.82) is 5.26 Å². The van der Waals surface area contributed by atoms with Gasteiger partial charge in [0, 0.05) is 18.5 Å². The van der Waals surface area contributed by atoms with E-state index < -0.39 is 5.97 Å². The van der Waals surface area contributed by atoms with Crippen molar-refractivity contribution in [3.05, 3.63) is 0 Å². The minimum Gasteiger partial charge on any atom is -0.481 e. The molecule has 2 aliphatic rings. The fraction of sp³-hybridized carbons (Fsp3) is 0.786. The van der Waals surface area contributed by atoms with Gasteiger partial charge in [-0.15, -0.1) is 0 Å². The van der Waals surface area contributed by atoms with Gasteiger partial charge in [0.15, 0.2) is 0 Å². The van der Waals surface area contributed by atoms with Crippen LogP contribution in [0.5, 0.6) is 0 Å². The van der Waals surface area contributed by atoms with Crippen LogP contribution in [0.1, 0.15) is 44.9 Å². The van der Waals surface area contributed by atoms with Crippen LogP contribution in [-0.4, -0.2) is 34.5 Å². The molecule has 0 aliphatic heterocycles. The Morgan fingerprint density at radius 3 is 2.16 bits per heavy atom. The summed E-state index contributed by atoms with van der Waals surface area (Å²) in [5.74, 6) is -0.913. The van der Waals surface area contributed by atoms with Gasteiger partial charge in [0.2, 0.25) is 5.91 Å². The molecule has 5 heteroatoms. The SMILES string of the molecule is N#CCCN(C(=O)C1CCC(C(=O)O)CC1)C1CC1. The van der Waals surface area contributed by atoms with Crippen LogP contribution < -0.4 is 0 Å². The van der Waals surface area contributed by atoms with Gasteiger partial charge in [-0.05, 0) is 38.5 Å². The van der Waals surface area contributed by atoms with E-state index in [1.165, 1.54) is 0 Å². The summed E-state index contributed by atoms with van der Waals surface area (Å²) >= 11 is 0. The van der Waals surface area contributed by atoms with Crippen LogP contribution in [0.2, 0.25) is 0 Å². The van der Waals surface area contributed by atoms with Gasteiger partial charge in [0.25, 0.3) is 0 Å². The molecule has 2 fully saturated rings. The fourth-order valence-electron chi connectivity index (χ4n) is 2.85. The van der Waals surface area contributed by atoms with Crippen LogP contribution in [0.15, 0.2) is 0 Å². The maximum Gasteiger partial charge on any atom is 0.306 e. The quantitative estimate of drug-likeness (QED) is 0.820. The molecular weight excluding hydrogens is 244 g/mol. The van der Waals surface area contributed by atoms with Crippen molar-refractivity contribution in [2.24, 2.45) is 11.8 Å². The first-order valence-electron chi connectivity index (χ1n) is 7.03. The van der Waals surface area contributed by atoms with Crippen molar-refractivity contribution >= 4 is 11.9 Å². The molecule has 0 aromatic carbocycles. The van der Waals surface area contributed by atoms with E-state index in [1.54, 1.807) is 0 Å². The highest BCUT2D eigenvalue weighted by molar-refractivity contribution is 5.80. The predicted molar refractivity (Wildman–Crippen MR) is 68.0 cm³/mol. The molecule has 0 aromatic rings. The Balaban J connectivity index is 1.88. The van der Waals surface area contributed by atoms with E-state index in [4.69, 9.17) is 10.4 Å². The molecular formula is C14H20N2O3. The lowest BCUT2D eigenvalue weighted by Crippen LogP contribution is -2.40. The normalized spacial score (nSPS) is 26.5. The second kappa shape index (κ2) is 6.05. The second-order valence-electron chi connectivity index (χ2n) is 5.56. The van der Waals surface area contributed by atoms with Gasteiger partial charge in [-0.3, -0.25) is 9.59 Å². The molecule has 0 unspecified atom stereocenters. The molecule has 2 rings (SSSR count). The third-order valence-corrected chi connectivity index (χ3v) is 4.16. The highest BCUT2D eigenvalue weighted by Crippen LogP contribution is 2.34. The zero-order valence-electron chi connectivity index (χ0n) is 11.0. The van der Waals surface area contributed by atoms with E-state index in [0.717, 1.165) is 12.8 Å². The van der Waals surface area contributed by atoms with Crippen LogP contribution >= 0.6 is 0 Å². The van der Waals surface area contributed by atoms with Crippen molar-refractivity contribution in [3.8, 4) is 6.07 Å². The van der Waals surface area contributed by atoms with Gasteiger partial charge in [-0.25, -0.2) is 0 Å². The number of carbonyl (C=O) groups excluding carboxylic acids is 1. The Morgan fingerprint density at radius 2 is 1.68 bits per heavy atom. The van der Waals surface area contributed by atoms with E-state index in [0.29, 0.717) is 44.7 Å².